The third-order valence-electron chi connectivity index (χ3n) is 4.40. The lowest BCUT2D eigenvalue weighted by molar-refractivity contribution is 0.0952. The van der Waals surface area contributed by atoms with E-state index in [0.29, 0.717) is 47.9 Å². The van der Waals surface area contributed by atoms with Crippen molar-refractivity contribution in [1.82, 2.24) is 20.1 Å². The molecule has 1 aromatic carbocycles. The van der Waals surface area contributed by atoms with Crippen LogP contribution in [0.5, 0.6) is 5.88 Å². The molecule has 0 aliphatic carbocycles. The highest BCUT2D eigenvalue weighted by Crippen LogP contribution is 2.24. The van der Waals surface area contributed by atoms with Gasteiger partial charge in [-0.1, -0.05) is 29.8 Å². The molecule has 0 unspecified atom stereocenters. The van der Waals surface area contributed by atoms with E-state index in [1.807, 2.05) is 44.2 Å². The number of benzene rings is 1. The number of hydrogen-bond donors (Lipinski definition) is 2. The van der Waals surface area contributed by atoms with Gasteiger partial charge < -0.3 is 15.8 Å². The lowest BCUT2D eigenvalue weighted by Gasteiger charge is -2.11. The van der Waals surface area contributed by atoms with Crippen molar-refractivity contribution >= 4 is 23.3 Å². The minimum absolute atomic E-state index is 0.0672. The summed E-state index contributed by atoms with van der Waals surface area (Å²) in [6.07, 6.45) is 2.44. The molecule has 3 N–H and O–H groups in total. The fourth-order valence-electron chi connectivity index (χ4n) is 2.96. The van der Waals surface area contributed by atoms with Gasteiger partial charge in [0, 0.05) is 12.7 Å². The molecule has 0 saturated carbocycles. The molecule has 2 aromatic heterocycles. The Morgan fingerprint density at radius 1 is 1.35 bits per heavy atom. The van der Waals surface area contributed by atoms with Gasteiger partial charge in [-0.25, -0.2) is 9.67 Å². The van der Waals surface area contributed by atoms with Gasteiger partial charge in [0.15, 0.2) is 0 Å². The lowest BCUT2D eigenvalue weighted by atomic mass is 10.1. The van der Waals surface area contributed by atoms with Crippen LogP contribution in [-0.2, 0) is 6.42 Å². The molecule has 0 atom stereocenters. The first-order chi connectivity index (χ1) is 14.9. The molecule has 31 heavy (non-hydrogen) atoms. The molecule has 8 nitrogen and oxygen atoms in total. The Kier molecular flexibility index (Phi) is 7.11. The molecule has 3 aromatic rings. The number of aromatic nitrogens is 3. The van der Waals surface area contributed by atoms with E-state index in [2.05, 4.69) is 21.5 Å². The Bertz CT molecular complexity index is 1110. The number of nitrogens with one attached hydrogen (secondary N) is 1. The highest BCUT2D eigenvalue weighted by molar-refractivity contribution is 6.32. The summed E-state index contributed by atoms with van der Waals surface area (Å²) < 4.78 is 7.03. The predicted octanol–water partition coefficient (Wildman–Crippen LogP) is 3.52. The van der Waals surface area contributed by atoms with E-state index in [0.717, 1.165) is 5.69 Å². The number of anilines is 1. The zero-order valence-corrected chi connectivity index (χ0v) is 18.1. The van der Waals surface area contributed by atoms with E-state index in [1.165, 1.54) is 12.3 Å². The van der Waals surface area contributed by atoms with E-state index in [1.54, 1.807) is 4.68 Å². The Morgan fingerprint density at radius 2 is 2.10 bits per heavy atom. The minimum Gasteiger partial charge on any atom is -0.474 e. The molecular weight excluding hydrogens is 416 g/mol. The number of nitrogens with zero attached hydrogens (tertiary/aromatic N) is 4. The Labute approximate surface area is 185 Å². The summed E-state index contributed by atoms with van der Waals surface area (Å²) in [7, 11) is 0. The van der Waals surface area contributed by atoms with Gasteiger partial charge in [-0.2, -0.15) is 10.4 Å². The first-order valence-corrected chi connectivity index (χ1v) is 10.2. The number of halogens is 1. The van der Waals surface area contributed by atoms with Gasteiger partial charge >= 0.3 is 0 Å². The van der Waals surface area contributed by atoms with Crippen molar-refractivity contribution in [2.45, 2.75) is 32.8 Å². The molecule has 2 heterocycles. The summed E-state index contributed by atoms with van der Waals surface area (Å²) in [6, 6.07) is 13.0. The van der Waals surface area contributed by atoms with Gasteiger partial charge in [0.2, 0.25) is 5.88 Å². The molecule has 0 fully saturated rings. The summed E-state index contributed by atoms with van der Waals surface area (Å²) in [5.74, 6) is 0.307. The maximum Gasteiger partial charge on any atom is 0.252 e. The third-order valence-corrected chi connectivity index (χ3v) is 4.67. The number of amides is 1. The molecular formula is C22H23ClN6O2. The van der Waals surface area contributed by atoms with Crippen LogP contribution in [0.2, 0.25) is 5.02 Å². The van der Waals surface area contributed by atoms with Crippen molar-refractivity contribution in [3.63, 3.8) is 0 Å². The summed E-state index contributed by atoms with van der Waals surface area (Å²) in [5.41, 5.74) is 8.19. The average molecular weight is 439 g/mol. The van der Waals surface area contributed by atoms with E-state index < -0.39 is 0 Å². The van der Waals surface area contributed by atoms with Crippen molar-refractivity contribution in [3.8, 4) is 17.6 Å². The molecule has 0 aliphatic rings. The standard InChI is InChI=1S/C22H23ClN6O2/c1-14(2)31-22-18(23)11-15(13-27-22)21(30)26-10-6-9-19-17(12-24)20(25)29(28-19)16-7-4-3-5-8-16/h3-5,7-8,11,13-14H,6,9-10,25H2,1-2H3,(H,26,30). The smallest absolute Gasteiger partial charge is 0.252 e. The third kappa shape index (κ3) is 5.32. The number of para-hydroxylation sites is 1. The number of nitriles is 1. The number of nitrogen functional groups attached to an aromatic ring is 1. The van der Waals surface area contributed by atoms with Crippen LogP contribution in [0.25, 0.3) is 5.69 Å². The number of carbonyl (C=O) groups is 1. The molecule has 9 heteroatoms. The first-order valence-electron chi connectivity index (χ1n) is 9.84. The van der Waals surface area contributed by atoms with Crippen LogP contribution in [0.1, 0.15) is 41.9 Å². The van der Waals surface area contributed by atoms with Crippen molar-refractivity contribution in [2.75, 3.05) is 12.3 Å². The summed E-state index contributed by atoms with van der Waals surface area (Å²) >= 11 is 6.14. The quantitative estimate of drug-likeness (QED) is 0.519. The molecule has 0 spiro atoms. The summed E-state index contributed by atoms with van der Waals surface area (Å²) in [5, 5.41) is 17.1. The first kappa shape index (κ1) is 22.1. The molecule has 160 valence electrons. The second-order valence-corrected chi connectivity index (χ2v) is 7.51. The van der Waals surface area contributed by atoms with Crippen LogP contribution in [-0.4, -0.2) is 33.3 Å². The number of ether oxygens (including phenoxy) is 1. The van der Waals surface area contributed by atoms with Crippen molar-refractivity contribution in [3.05, 3.63) is 64.4 Å². The van der Waals surface area contributed by atoms with Gasteiger partial charge in [0.1, 0.15) is 22.5 Å². The zero-order chi connectivity index (χ0) is 22.4. The number of pyridine rings is 1. The van der Waals surface area contributed by atoms with Crippen LogP contribution in [0.4, 0.5) is 5.82 Å². The van der Waals surface area contributed by atoms with Crippen molar-refractivity contribution < 1.29 is 9.53 Å². The second-order valence-electron chi connectivity index (χ2n) is 7.10. The molecule has 1 amide bonds. The predicted molar refractivity (Wildman–Crippen MR) is 118 cm³/mol. The zero-order valence-electron chi connectivity index (χ0n) is 17.3. The highest BCUT2D eigenvalue weighted by Gasteiger charge is 2.16. The van der Waals surface area contributed by atoms with E-state index in [-0.39, 0.29) is 17.0 Å². The van der Waals surface area contributed by atoms with Gasteiger partial charge in [0.25, 0.3) is 5.91 Å². The topological polar surface area (TPSA) is 119 Å². The second kappa shape index (κ2) is 9.96. The fourth-order valence-corrected chi connectivity index (χ4v) is 3.17. The van der Waals surface area contributed by atoms with Gasteiger partial charge in [-0.3, -0.25) is 4.79 Å². The number of hydrogen-bond acceptors (Lipinski definition) is 6. The Hall–Kier alpha value is -3.57. The molecule has 0 radical (unpaired) electrons. The summed E-state index contributed by atoms with van der Waals surface area (Å²) in [4.78, 5) is 16.5. The van der Waals surface area contributed by atoms with Gasteiger partial charge in [-0.15, -0.1) is 0 Å². The highest BCUT2D eigenvalue weighted by atomic mass is 35.5. The molecule has 3 rings (SSSR count). The molecule has 0 saturated heterocycles. The number of aryl methyl sites for hydroxylation is 1. The average Bonchev–Trinajstić information content (AvgIpc) is 3.08. The van der Waals surface area contributed by atoms with Crippen LogP contribution in [0.3, 0.4) is 0 Å². The Balaban J connectivity index is 1.59. The van der Waals surface area contributed by atoms with E-state index >= 15 is 0 Å². The SMILES string of the molecule is CC(C)Oc1ncc(C(=O)NCCCc2nn(-c3ccccc3)c(N)c2C#N)cc1Cl. The van der Waals surface area contributed by atoms with Crippen LogP contribution < -0.4 is 15.8 Å². The lowest BCUT2D eigenvalue weighted by Crippen LogP contribution is -2.25. The van der Waals surface area contributed by atoms with E-state index in [9.17, 15) is 10.1 Å². The fraction of sp³-hybridized carbons (Fsp3) is 0.273. The number of carbonyl (C=O) groups excluding carboxylic acids is 1. The largest absolute Gasteiger partial charge is 0.474 e. The van der Waals surface area contributed by atoms with Gasteiger partial charge in [0.05, 0.1) is 23.0 Å². The molecule has 0 bridgehead atoms. The number of rotatable bonds is 8. The van der Waals surface area contributed by atoms with Crippen molar-refractivity contribution in [1.29, 1.82) is 5.26 Å². The van der Waals surface area contributed by atoms with Crippen molar-refractivity contribution in [2.24, 2.45) is 0 Å². The van der Waals surface area contributed by atoms with Gasteiger partial charge in [-0.05, 0) is 44.9 Å². The maximum atomic E-state index is 12.4. The Morgan fingerprint density at radius 3 is 2.74 bits per heavy atom. The van der Waals surface area contributed by atoms with Crippen LogP contribution in [0, 0.1) is 11.3 Å². The minimum atomic E-state index is -0.291. The monoisotopic (exact) mass is 438 g/mol. The summed E-state index contributed by atoms with van der Waals surface area (Å²) in [6.45, 7) is 4.13. The number of nitrogens with two attached hydrogens (primary N) is 1. The molecule has 0 aliphatic heterocycles. The van der Waals surface area contributed by atoms with E-state index in [4.69, 9.17) is 22.1 Å². The normalized spacial score (nSPS) is 10.7. The van der Waals surface area contributed by atoms with Crippen LogP contribution in [0.15, 0.2) is 42.6 Å². The van der Waals surface area contributed by atoms with Crippen LogP contribution >= 0.6 is 11.6 Å². The maximum absolute atomic E-state index is 12.4.